The molecule has 1 saturated heterocycles. The van der Waals surface area contributed by atoms with Crippen LogP contribution in [0.1, 0.15) is 11.1 Å². The number of imide groups is 2. The smallest absolute Gasteiger partial charge is 0.335 e. The van der Waals surface area contributed by atoms with E-state index in [4.69, 9.17) is 32.7 Å². The maximum Gasteiger partial charge on any atom is 0.335 e. The molecule has 34 heavy (non-hydrogen) atoms. The van der Waals surface area contributed by atoms with Gasteiger partial charge in [0.1, 0.15) is 23.7 Å². The number of carbonyl (C=O) groups is 3. The van der Waals surface area contributed by atoms with Crippen molar-refractivity contribution < 1.29 is 23.9 Å². The van der Waals surface area contributed by atoms with Crippen molar-refractivity contribution >= 4 is 52.8 Å². The van der Waals surface area contributed by atoms with Gasteiger partial charge in [-0.2, -0.15) is 0 Å². The summed E-state index contributed by atoms with van der Waals surface area (Å²) in [4.78, 5) is 39.0. The lowest BCUT2D eigenvalue weighted by Crippen LogP contribution is -2.54. The number of urea groups is 1. The highest BCUT2D eigenvalue weighted by Gasteiger charge is 2.37. The van der Waals surface area contributed by atoms with Crippen LogP contribution in [0.15, 0.2) is 72.3 Å². The average Bonchev–Trinajstić information content (AvgIpc) is 2.83. The van der Waals surface area contributed by atoms with Crippen molar-refractivity contribution in [3.63, 3.8) is 0 Å². The first kappa shape index (κ1) is 23.4. The molecule has 4 amide bonds. The number of hydrogen-bond donors (Lipinski definition) is 1. The molecular formula is C25H18Cl2N2O5. The SMILES string of the molecule is COc1ccc(/C=C2\C(=O)NC(=O)N(c3ccc(Cl)cc3)C2=O)c(OCc2ccc(Cl)cc2)c1. The monoisotopic (exact) mass is 496 g/mol. The van der Waals surface area contributed by atoms with Gasteiger partial charge in [0.15, 0.2) is 0 Å². The van der Waals surface area contributed by atoms with Gasteiger partial charge in [-0.3, -0.25) is 14.9 Å². The van der Waals surface area contributed by atoms with Crippen molar-refractivity contribution in [3.05, 3.63) is 93.5 Å². The standard InChI is InChI=1S/C25H18Cl2N2O5/c1-33-20-11-4-16(22(13-20)34-14-15-2-5-17(26)6-3-15)12-21-23(30)28-25(32)29(24(21)31)19-9-7-18(27)8-10-19/h2-13H,14H2,1H3,(H,28,30,32)/b21-12+. The molecule has 4 rings (SSSR count). The fraction of sp³-hybridized carbons (Fsp3) is 0.0800. The summed E-state index contributed by atoms with van der Waals surface area (Å²) in [6.07, 6.45) is 1.38. The van der Waals surface area contributed by atoms with Gasteiger partial charge in [-0.1, -0.05) is 35.3 Å². The minimum Gasteiger partial charge on any atom is -0.497 e. The van der Waals surface area contributed by atoms with Crippen LogP contribution in [0.25, 0.3) is 6.08 Å². The molecule has 1 aliphatic rings. The highest BCUT2D eigenvalue weighted by Crippen LogP contribution is 2.30. The number of barbiturate groups is 1. The highest BCUT2D eigenvalue weighted by atomic mass is 35.5. The number of benzene rings is 3. The minimum atomic E-state index is -0.844. The Morgan fingerprint density at radius 1 is 0.912 bits per heavy atom. The number of amides is 4. The fourth-order valence-corrected chi connectivity index (χ4v) is 3.52. The van der Waals surface area contributed by atoms with E-state index in [0.29, 0.717) is 27.1 Å². The number of hydrogen-bond acceptors (Lipinski definition) is 5. The number of carbonyl (C=O) groups excluding carboxylic acids is 3. The van der Waals surface area contributed by atoms with E-state index in [1.807, 2.05) is 12.1 Å². The maximum atomic E-state index is 13.1. The molecule has 0 atom stereocenters. The van der Waals surface area contributed by atoms with E-state index in [1.54, 1.807) is 42.5 Å². The first-order valence-electron chi connectivity index (χ1n) is 10.1. The Morgan fingerprint density at radius 2 is 1.56 bits per heavy atom. The topological polar surface area (TPSA) is 84.9 Å². The molecule has 1 heterocycles. The Balaban J connectivity index is 1.67. The molecule has 0 spiro atoms. The van der Waals surface area contributed by atoms with Crippen LogP contribution in [0, 0.1) is 0 Å². The van der Waals surface area contributed by atoms with Gasteiger partial charge in [-0.25, -0.2) is 9.69 Å². The van der Waals surface area contributed by atoms with Crippen LogP contribution in [0.2, 0.25) is 10.0 Å². The van der Waals surface area contributed by atoms with Crippen LogP contribution in [0.3, 0.4) is 0 Å². The number of halogens is 2. The second-order valence-corrected chi connectivity index (χ2v) is 8.13. The van der Waals surface area contributed by atoms with Gasteiger partial charge in [0.2, 0.25) is 0 Å². The van der Waals surface area contributed by atoms with Crippen LogP contribution < -0.4 is 19.7 Å². The van der Waals surface area contributed by atoms with Crippen molar-refractivity contribution in [2.24, 2.45) is 0 Å². The molecule has 9 heteroatoms. The summed E-state index contributed by atoms with van der Waals surface area (Å²) in [7, 11) is 1.52. The second kappa shape index (κ2) is 9.99. The highest BCUT2D eigenvalue weighted by molar-refractivity contribution is 6.39. The predicted octanol–water partition coefficient (Wildman–Crippen LogP) is 5.25. The fourth-order valence-electron chi connectivity index (χ4n) is 3.27. The maximum absolute atomic E-state index is 13.1. The van der Waals surface area contributed by atoms with Crippen LogP contribution >= 0.6 is 23.2 Å². The Hall–Kier alpha value is -3.81. The van der Waals surface area contributed by atoms with E-state index >= 15 is 0 Å². The third-order valence-electron chi connectivity index (χ3n) is 5.01. The van der Waals surface area contributed by atoms with Crippen LogP contribution in [-0.4, -0.2) is 25.0 Å². The zero-order valence-electron chi connectivity index (χ0n) is 17.9. The van der Waals surface area contributed by atoms with Crippen molar-refractivity contribution in [1.82, 2.24) is 5.32 Å². The average molecular weight is 497 g/mol. The minimum absolute atomic E-state index is 0.218. The normalized spacial score (nSPS) is 14.9. The van der Waals surface area contributed by atoms with Gasteiger partial charge in [0, 0.05) is 21.7 Å². The van der Waals surface area contributed by atoms with Gasteiger partial charge in [0.05, 0.1) is 12.8 Å². The van der Waals surface area contributed by atoms with Crippen LogP contribution in [-0.2, 0) is 16.2 Å². The second-order valence-electron chi connectivity index (χ2n) is 7.25. The number of nitrogens with zero attached hydrogens (tertiary/aromatic N) is 1. The van der Waals surface area contributed by atoms with Crippen molar-refractivity contribution in [1.29, 1.82) is 0 Å². The molecule has 0 radical (unpaired) electrons. The van der Waals surface area contributed by atoms with Gasteiger partial charge < -0.3 is 9.47 Å². The first-order valence-corrected chi connectivity index (χ1v) is 10.8. The number of anilines is 1. The van der Waals surface area contributed by atoms with E-state index in [1.165, 1.54) is 25.3 Å². The Labute approximate surface area is 205 Å². The molecule has 0 aliphatic carbocycles. The summed E-state index contributed by atoms with van der Waals surface area (Å²) >= 11 is 11.8. The molecule has 1 aliphatic heterocycles. The van der Waals surface area contributed by atoms with E-state index in [0.717, 1.165) is 10.5 Å². The predicted molar refractivity (Wildman–Crippen MR) is 129 cm³/mol. The third kappa shape index (κ3) is 5.06. The molecule has 172 valence electrons. The zero-order chi connectivity index (χ0) is 24.2. The molecule has 1 fully saturated rings. The molecule has 0 aromatic heterocycles. The molecule has 0 unspecified atom stereocenters. The lowest BCUT2D eigenvalue weighted by atomic mass is 10.1. The van der Waals surface area contributed by atoms with Crippen molar-refractivity contribution in [3.8, 4) is 11.5 Å². The summed E-state index contributed by atoms with van der Waals surface area (Å²) in [5, 5.41) is 3.25. The largest absolute Gasteiger partial charge is 0.497 e. The number of ether oxygens (including phenoxy) is 2. The van der Waals surface area contributed by atoms with Crippen molar-refractivity contribution in [2.75, 3.05) is 12.0 Å². The third-order valence-corrected chi connectivity index (χ3v) is 5.52. The summed E-state index contributed by atoms with van der Waals surface area (Å²) in [6, 6.07) is 17.4. The summed E-state index contributed by atoms with van der Waals surface area (Å²) in [6.45, 7) is 0.218. The number of methoxy groups -OCH3 is 1. The first-order chi connectivity index (χ1) is 16.4. The summed E-state index contributed by atoms with van der Waals surface area (Å²) in [5.41, 5.74) is 1.38. The molecular weight excluding hydrogens is 479 g/mol. The Kier molecular flexibility index (Phi) is 6.86. The van der Waals surface area contributed by atoms with Gasteiger partial charge in [0.25, 0.3) is 11.8 Å². The van der Waals surface area contributed by atoms with E-state index in [9.17, 15) is 14.4 Å². The van der Waals surface area contributed by atoms with Gasteiger partial charge in [-0.15, -0.1) is 0 Å². The summed E-state index contributed by atoms with van der Waals surface area (Å²) in [5.74, 6) is -0.654. The quantitative estimate of drug-likeness (QED) is 0.372. The van der Waals surface area contributed by atoms with Gasteiger partial charge in [-0.05, 0) is 60.2 Å². The van der Waals surface area contributed by atoms with E-state index in [2.05, 4.69) is 5.32 Å². The molecule has 7 nitrogen and oxygen atoms in total. The summed E-state index contributed by atoms with van der Waals surface area (Å²) < 4.78 is 11.2. The molecule has 3 aromatic rings. The van der Waals surface area contributed by atoms with E-state index < -0.39 is 17.8 Å². The molecule has 1 N–H and O–H groups in total. The number of nitrogens with one attached hydrogen (secondary N) is 1. The molecule has 0 bridgehead atoms. The van der Waals surface area contributed by atoms with E-state index in [-0.39, 0.29) is 17.9 Å². The van der Waals surface area contributed by atoms with Crippen molar-refractivity contribution in [2.45, 2.75) is 6.61 Å². The van der Waals surface area contributed by atoms with Crippen LogP contribution in [0.4, 0.5) is 10.5 Å². The Bertz CT molecular complexity index is 1290. The molecule has 0 saturated carbocycles. The lowest BCUT2D eigenvalue weighted by Gasteiger charge is -2.26. The van der Waals surface area contributed by atoms with Gasteiger partial charge >= 0.3 is 6.03 Å². The van der Waals surface area contributed by atoms with Crippen LogP contribution in [0.5, 0.6) is 11.5 Å². The Morgan fingerprint density at radius 3 is 2.21 bits per heavy atom. The zero-order valence-corrected chi connectivity index (χ0v) is 19.4. The lowest BCUT2D eigenvalue weighted by molar-refractivity contribution is -0.122. The molecule has 3 aromatic carbocycles. The number of rotatable bonds is 6.